The summed E-state index contributed by atoms with van der Waals surface area (Å²) in [6.45, 7) is 5.06. The molecule has 0 heterocycles. The van der Waals surface area contributed by atoms with Crippen molar-refractivity contribution in [2.75, 3.05) is 13.2 Å². The number of carbonyl (C=O) groups is 1. The van der Waals surface area contributed by atoms with E-state index >= 15 is 0 Å². The lowest BCUT2D eigenvalue weighted by Crippen LogP contribution is -2.08. The van der Waals surface area contributed by atoms with Crippen molar-refractivity contribution < 1.29 is 14.3 Å². The topological polar surface area (TPSA) is 35.5 Å². The predicted octanol–water partition coefficient (Wildman–Crippen LogP) is 3.00. The molecule has 3 nitrogen and oxygen atoms in total. The molecule has 0 atom stereocenters. The Hall–Kier alpha value is -1.35. The van der Waals surface area contributed by atoms with Crippen LogP contribution in [0.5, 0.6) is 5.75 Å². The van der Waals surface area contributed by atoms with E-state index in [2.05, 4.69) is 6.92 Å². The lowest BCUT2D eigenvalue weighted by atomic mass is 10.2. The van der Waals surface area contributed by atoms with Gasteiger partial charge in [-0.3, -0.25) is 4.79 Å². The van der Waals surface area contributed by atoms with Crippen molar-refractivity contribution in [3.8, 4) is 5.75 Å². The van der Waals surface area contributed by atoms with Crippen molar-refractivity contribution in [3.63, 3.8) is 0 Å². The number of carbonyl (C=O) groups excluding carboxylic acids is 1. The molecule has 17 heavy (non-hydrogen) atoms. The SMILES string of the molecule is [CH2]CCOCCCCC(=O)Oc1ccccc1. The van der Waals surface area contributed by atoms with Crippen molar-refractivity contribution in [1.82, 2.24) is 0 Å². The summed E-state index contributed by atoms with van der Waals surface area (Å²) >= 11 is 0. The second kappa shape index (κ2) is 8.76. The summed E-state index contributed by atoms with van der Waals surface area (Å²) in [5.41, 5.74) is 0. The first-order chi connectivity index (χ1) is 8.33. The van der Waals surface area contributed by atoms with Gasteiger partial charge in [0, 0.05) is 19.6 Å². The van der Waals surface area contributed by atoms with Gasteiger partial charge in [0.15, 0.2) is 0 Å². The summed E-state index contributed by atoms with van der Waals surface area (Å²) < 4.78 is 10.4. The number of benzene rings is 1. The number of esters is 1. The molecule has 0 saturated heterocycles. The fourth-order valence-electron chi connectivity index (χ4n) is 1.35. The molecule has 93 valence electrons. The van der Waals surface area contributed by atoms with Crippen LogP contribution >= 0.6 is 0 Å². The summed E-state index contributed by atoms with van der Waals surface area (Å²) in [4.78, 5) is 11.4. The number of ether oxygens (including phenoxy) is 2. The molecule has 0 aliphatic carbocycles. The molecule has 0 amide bonds. The van der Waals surface area contributed by atoms with Gasteiger partial charge in [-0.2, -0.15) is 0 Å². The average Bonchev–Trinajstić information content (AvgIpc) is 2.35. The van der Waals surface area contributed by atoms with Gasteiger partial charge in [0.2, 0.25) is 0 Å². The van der Waals surface area contributed by atoms with E-state index < -0.39 is 0 Å². The summed E-state index contributed by atoms with van der Waals surface area (Å²) in [6, 6.07) is 9.12. The summed E-state index contributed by atoms with van der Waals surface area (Å²) in [5.74, 6) is 0.416. The highest BCUT2D eigenvalue weighted by Crippen LogP contribution is 2.10. The summed E-state index contributed by atoms with van der Waals surface area (Å²) in [7, 11) is 0. The van der Waals surface area contributed by atoms with Crippen LogP contribution in [0.4, 0.5) is 0 Å². The van der Waals surface area contributed by atoms with E-state index in [0.29, 0.717) is 25.4 Å². The molecule has 3 heteroatoms. The number of hydrogen-bond donors (Lipinski definition) is 0. The zero-order valence-corrected chi connectivity index (χ0v) is 10.1. The van der Waals surface area contributed by atoms with E-state index in [-0.39, 0.29) is 5.97 Å². The third-order valence-corrected chi connectivity index (χ3v) is 2.18. The number of rotatable bonds is 8. The molecule has 0 aromatic heterocycles. The molecule has 0 bridgehead atoms. The van der Waals surface area contributed by atoms with Crippen LogP contribution in [0.25, 0.3) is 0 Å². The van der Waals surface area contributed by atoms with Gasteiger partial charge >= 0.3 is 5.97 Å². The van der Waals surface area contributed by atoms with Gasteiger partial charge < -0.3 is 9.47 Å². The largest absolute Gasteiger partial charge is 0.427 e. The van der Waals surface area contributed by atoms with E-state index in [1.54, 1.807) is 12.1 Å². The van der Waals surface area contributed by atoms with E-state index in [1.165, 1.54) is 0 Å². The molecule has 1 aromatic carbocycles. The summed E-state index contributed by atoms with van der Waals surface area (Å²) in [6.07, 6.45) is 2.89. The molecule has 0 fully saturated rings. The van der Waals surface area contributed by atoms with Crippen molar-refractivity contribution in [3.05, 3.63) is 37.3 Å². The number of hydrogen-bond acceptors (Lipinski definition) is 3. The lowest BCUT2D eigenvalue weighted by molar-refractivity contribution is -0.134. The Bertz CT molecular complexity index is 309. The lowest BCUT2D eigenvalue weighted by Gasteiger charge is -2.04. The normalized spacial score (nSPS) is 10.2. The van der Waals surface area contributed by atoms with Crippen LogP contribution in [-0.4, -0.2) is 19.2 Å². The molecule has 1 rings (SSSR count). The quantitative estimate of drug-likeness (QED) is 0.395. The van der Waals surface area contributed by atoms with E-state index in [9.17, 15) is 4.79 Å². The minimum atomic E-state index is -0.187. The third kappa shape index (κ3) is 6.74. The van der Waals surface area contributed by atoms with E-state index in [0.717, 1.165) is 19.3 Å². The Labute approximate surface area is 103 Å². The van der Waals surface area contributed by atoms with Gasteiger partial charge in [-0.05, 0) is 31.4 Å². The van der Waals surface area contributed by atoms with Crippen molar-refractivity contribution in [2.45, 2.75) is 25.7 Å². The van der Waals surface area contributed by atoms with Crippen molar-refractivity contribution in [2.24, 2.45) is 0 Å². The zero-order valence-electron chi connectivity index (χ0n) is 10.1. The van der Waals surface area contributed by atoms with Crippen LogP contribution in [0.3, 0.4) is 0 Å². The molecular formula is C14H19O3. The van der Waals surface area contributed by atoms with E-state index in [1.807, 2.05) is 18.2 Å². The van der Waals surface area contributed by atoms with E-state index in [4.69, 9.17) is 9.47 Å². The molecule has 0 aliphatic rings. The number of para-hydroxylation sites is 1. The van der Waals surface area contributed by atoms with Crippen LogP contribution in [0, 0.1) is 6.92 Å². The van der Waals surface area contributed by atoms with Crippen molar-refractivity contribution in [1.29, 1.82) is 0 Å². The Morgan fingerprint density at radius 3 is 2.59 bits per heavy atom. The number of unbranched alkanes of at least 4 members (excludes halogenated alkanes) is 1. The van der Waals surface area contributed by atoms with Gasteiger partial charge in [0.1, 0.15) is 5.75 Å². The molecule has 1 aromatic rings. The molecule has 1 radical (unpaired) electrons. The van der Waals surface area contributed by atoms with Crippen LogP contribution < -0.4 is 4.74 Å². The summed E-state index contributed by atoms with van der Waals surface area (Å²) in [5, 5.41) is 0. The third-order valence-electron chi connectivity index (χ3n) is 2.18. The molecule has 0 spiro atoms. The second-order valence-corrected chi connectivity index (χ2v) is 3.71. The highest BCUT2D eigenvalue weighted by atomic mass is 16.5. The maximum atomic E-state index is 11.4. The molecule has 0 unspecified atom stereocenters. The van der Waals surface area contributed by atoms with Crippen molar-refractivity contribution >= 4 is 5.97 Å². The molecule has 0 aliphatic heterocycles. The van der Waals surface area contributed by atoms with Crippen LogP contribution in [0.2, 0.25) is 0 Å². The van der Waals surface area contributed by atoms with Crippen LogP contribution in [0.1, 0.15) is 25.7 Å². The minimum absolute atomic E-state index is 0.187. The Morgan fingerprint density at radius 1 is 1.12 bits per heavy atom. The smallest absolute Gasteiger partial charge is 0.311 e. The minimum Gasteiger partial charge on any atom is -0.427 e. The fraction of sp³-hybridized carbons (Fsp3) is 0.429. The first-order valence-electron chi connectivity index (χ1n) is 5.95. The van der Waals surface area contributed by atoms with Gasteiger partial charge in [-0.25, -0.2) is 0 Å². The van der Waals surface area contributed by atoms with Gasteiger partial charge in [0.05, 0.1) is 0 Å². The molecule has 0 saturated carbocycles. The Kier molecular flexibility index (Phi) is 7.07. The first-order valence-corrected chi connectivity index (χ1v) is 5.95. The van der Waals surface area contributed by atoms with Crippen LogP contribution in [-0.2, 0) is 9.53 Å². The standard InChI is InChI=1S/C14H19O3/c1-2-11-16-12-7-6-10-14(15)17-13-8-4-3-5-9-13/h3-5,8-9H,1-2,6-7,10-12H2. The highest BCUT2D eigenvalue weighted by Gasteiger charge is 2.03. The Morgan fingerprint density at radius 2 is 1.88 bits per heavy atom. The maximum Gasteiger partial charge on any atom is 0.311 e. The molecule has 0 N–H and O–H groups in total. The fourth-order valence-corrected chi connectivity index (χ4v) is 1.35. The second-order valence-electron chi connectivity index (χ2n) is 3.71. The Balaban J connectivity index is 2.06. The highest BCUT2D eigenvalue weighted by molar-refractivity contribution is 5.72. The maximum absolute atomic E-state index is 11.4. The molecular weight excluding hydrogens is 216 g/mol. The van der Waals surface area contributed by atoms with Gasteiger partial charge in [-0.1, -0.05) is 25.1 Å². The average molecular weight is 235 g/mol. The monoisotopic (exact) mass is 235 g/mol. The van der Waals surface area contributed by atoms with Gasteiger partial charge in [-0.15, -0.1) is 0 Å². The first kappa shape index (κ1) is 13.7. The van der Waals surface area contributed by atoms with Gasteiger partial charge in [0.25, 0.3) is 0 Å². The zero-order chi connectivity index (χ0) is 12.3. The predicted molar refractivity (Wildman–Crippen MR) is 66.7 cm³/mol. The van der Waals surface area contributed by atoms with Crippen LogP contribution in [0.15, 0.2) is 30.3 Å².